The second-order valence-electron chi connectivity index (χ2n) is 3.39. The van der Waals surface area contributed by atoms with Gasteiger partial charge in [-0.3, -0.25) is 9.00 Å². The number of hydrogen-bond donors (Lipinski definition) is 1. The van der Waals surface area contributed by atoms with Gasteiger partial charge in [-0.05, 0) is 17.7 Å². The second kappa shape index (κ2) is 4.94. The molecule has 0 bridgehead atoms. The van der Waals surface area contributed by atoms with E-state index in [1.54, 1.807) is 6.26 Å². The molecular formula is C9H12BrNO2S. The molecule has 3 nitrogen and oxygen atoms in total. The Bertz CT molecular complexity index is 315. The summed E-state index contributed by atoms with van der Waals surface area (Å²) in [6.45, 7) is 0.469. The Balaban J connectivity index is 2.45. The minimum atomic E-state index is -0.877. The van der Waals surface area contributed by atoms with Crippen molar-refractivity contribution < 1.29 is 9.00 Å². The highest BCUT2D eigenvalue weighted by atomic mass is 79.9. The molecular weight excluding hydrogens is 266 g/mol. The lowest BCUT2D eigenvalue weighted by Gasteiger charge is -2.39. The largest absolute Gasteiger partial charge is 0.344 e. The van der Waals surface area contributed by atoms with Gasteiger partial charge < -0.3 is 5.32 Å². The van der Waals surface area contributed by atoms with Gasteiger partial charge in [0.25, 0.3) is 5.91 Å². The summed E-state index contributed by atoms with van der Waals surface area (Å²) in [5, 5.41) is 2.67. The van der Waals surface area contributed by atoms with Crippen LogP contribution in [0.15, 0.2) is 0 Å². The SMILES string of the molecule is CS(=O)C1(CNC(=O)C#CBr)CCC1. The summed E-state index contributed by atoms with van der Waals surface area (Å²) in [5.41, 5.74) is 0. The third-order valence-electron chi connectivity index (χ3n) is 2.61. The zero-order valence-electron chi connectivity index (χ0n) is 7.93. The summed E-state index contributed by atoms with van der Waals surface area (Å²) in [4.78, 5) is 13.4. The van der Waals surface area contributed by atoms with Crippen LogP contribution in [-0.4, -0.2) is 27.7 Å². The lowest BCUT2D eigenvalue weighted by Crippen LogP contribution is -2.50. The van der Waals surface area contributed by atoms with Crippen molar-refractivity contribution in [3.8, 4) is 10.8 Å². The van der Waals surface area contributed by atoms with Gasteiger partial charge in [0.15, 0.2) is 0 Å². The van der Waals surface area contributed by atoms with Gasteiger partial charge in [-0.25, -0.2) is 0 Å². The van der Waals surface area contributed by atoms with Crippen molar-refractivity contribution in [2.75, 3.05) is 12.8 Å². The first kappa shape index (κ1) is 11.7. The molecule has 0 spiro atoms. The maximum absolute atomic E-state index is 11.4. The van der Waals surface area contributed by atoms with Crippen molar-refractivity contribution in [1.82, 2.24) is 5.32 Å². The van der Waals surface area contributed by atoms with Crippen molar-refractivity contribution in [2.45, 2.75) is 24.0 Å². The Labute approximate surface area is 94.6 Å². The molecule has 1 aliphatic carbocycles. The summed E-state index contributed by atoms with van der Waals surface area (Å²) in [5.74, 6) is 2.00. The van der Waals surface area contributed by atoms with Crippen LogP contribution in [0.1, 0.15) is 19.3 Å². The van der Waals surface area contributed by atoms with Gasteiger partial charge in [-0.1, -0.05) is 6.42 Å². The molecule has 1 atom stereocenters. The van der Waals surface area contributed by atoms with E-state index in [-0.39, 0.29) is 10.7 Å². The first-order chi connectivity index (χ1) is 6.60. The van der Waals surface area contributed by atoms with Crippen LogP contribution in [0.5, 0.6) is 0 Å². The number of carbonyl (C=O) groups is 1. The van der Waals surface area contributed by atoms with Crippen LogP contribution in [0.3, 0.4) is 0 Å². The number of amides is 1. The maximum atomic E-state index is 11.4. The fourth-order valence-corrected chi connectivity index (χ4v) is 2.78. The van der Waals surface area contributed by atoms with Crippen LogP contribution >= 0.6 is 15.9 Å². The van der Waals surface area contributed by atoms with E-state index in [9.17, 15) is 9.00 Å². The van der Waals surface area contributed by atoms with Crippen molar-refractivity contribution in [3.63, 3.8) is 0 Å². The second-order valence-corrected chi connectivity index (χ2v) is 5.56. The van der Waals surface area contributed by atoms with Crippen molar-refractivity contribution in [1.29, 1.82) is 0 Å². The smallest absolute Gasteiger partial charge is 0.296 e. The lowest BCUT2D eigenvalue weighted by molar-refractivity contribution is -0.115. The van der Waals surface area contributed by atoms with Crippen LogP contribution in [0, 0.1) is 10.8 Å². The van der Waals surface area contributed by atoms with Crippen molar-refractivity contribution in [2.24, 2.45) is 0 Å². The number of carbonyl (C=O) groups excluding carboxylic acids is 1. The van der Waals surface area contributed by atoms with Gasteiger partial charge in [-0.2, -0.15) is 0 Å². The highest BCUT2D eigenvalue weighted by molar-refractivity contribution is 9.12. The minimum absolute atomic E-state index is 0.191. The zero-order chi connectivity index (χ0) is 10.6. The minimum Gasteiger partial charge on any atom is -0.344 e. The highest BCUT2D eigenvalue weighted by Gasteiger charge is 2.40. The van der Waals surface area contributed by atoms with Crippen LogP contribution in [0.25, 0.3) is 0 Å². The predicted molar refractivity (Wildman–Crippen MR) is 60.4 cm³/mol. The molecule has 78 valence electrons. The van der Waals surface area contributed by atoms with E-state index in [4.69, 9.17) is 0 Å². The Hall–Kier alpha value is -0.340. The van der Waals surface area contributed by atoms with E-state index >= 15 is 0 Å². The Morgan fingerprint density at radius 3 is 2.64 bits per heavy atom. The molecule has 1 saturated carbocycles. The molecule has 1 N–H and O–H groups in total. The molecule has 0 heterocycles. The van der Waals surface area contributed by atoms with Gasteiger partial charge in [0.05, 0.1) is 4.75 Å². The summed E-state index contributed by atoms with van der Waals surface area (Å²) < 4.78 is 11.2. The first-order valence-corrected chi connectivity index (χ1v) is 6.69. The summed E-state index contributed by atoms with van der Waals surface area (Å²) in [6.07, 6.45) is 4.65. The number of rotatable bonds is 3. The topological polar surface area (TPSA) is 46.2 Å². The van der Waals surface area contributed by atoms with Crippen LogP contribution in [-0.2, 0) is 15.6 Å². The Morgan fingerprint density at radius 1 is 1.64 bits per heavy atom. The van der Waals surface area contributed by atoms with Crippen LogP contribution in [0.4, 0.5) is 0 Å². The quantitative estimate of drug-likeness (QED) is 0.775. The highest BCUT2D eigenvalue weighted by Crippen LogP contribution is 2.36. The fourth-order valence-electron chi connectivity index (χ4n) is 1.47. The average molecular weight is 278 g/mol. The molecule has 1 amide bonds. The third kappa shape index (κ3) is 2.58. The van der Waals surface area contributed by atoms with E-state index in [1.807, 2.05) is 0 Å². The summed E-state index contributed by atoms with van der Waals surface area (Å²) >= 11 is 2.85. The molecule has 0 aromatic carbocycles. The molecule has 1 aliphatic rings. The number of nitrogens with one attached hydrogen (secondary N) is 1. The van der Waals surface area contributed by atoms with E-state index in [2.05, 4.69) is 32.0 Å². The fraction of sp³-hybridized carbons (Fsp3) is 0.667. The molecule has 5 heteroatoms. The Morgan fingerprint density at radius 2 is 2.29 bits per heavy atom. The summed E-state index contributed by atoms with van der Waals surface area (Å²) in [6, 6.07) is 0. The molecule has 0 saturated heterocycles. The van der Waals surface area contributed by atoms with E-state index in [0.29, 0.717) is 6.54 Å². The maximum Gasteiger partial charge on any atom is 0.296 e. The molecule has 0 aromatic rings. The molecule has 1 unspecified atom stereocenters. The molecule has 0 aliphatic heterocycles. The van der Waals surface area contributed by atoms with Crippen molar-refractivity contribution >= 4 is 32.6 Å². The standard InChI is InChI=1S/C9H12BrNO2S/c1-14(13)9(4-2-5-9)7-11-8(12)3-6-10/h2,4-5,7H2,1H3,(H,11,12). The molecule has 0 aromatic heterocycles. The van der Waals surface area contributed by atoms with Gasteiger partial charge in [-0.15, -0.1) is 0 Å². The van der Waals surface area contributed by atoms with E-state index in [0.717, 1.165) is 19.3 Å². The monoisotopic (exact) mass is 277 g/mol. The normalized spacial score (nSPS) is 19.9. The Kier molecular flexibility index (Phi) is 4.14. The third-order valence-corrected chi connectivity index (χ3v) is 4.58. The average Bonchev–Trinajstić information content (AvgIpc) is 2.02. The zero-order valence-corrected chi connectivity index (χ0v) is 10.3. The summed E-state index contributed by atoms with van der Waals surface area (Å²) in [7, 11) is -0.877. The number of halogens is 1. The van der Waals surface area contributed by atoms with Gasteiger partial charge >= 0.3 is 0 Å². The molecule has 1 fully saturated rings. The van der Waals surface area contributed by atoms with E-state index < -0.39 is 10.8 Å². The van der Waals surface area contributed by atoms with Gasteiger partial charge in [0.1, 0.15) is 0 Å². The predicted octanol–water partition coefficient (Wildman–Crippen LogP) is 0.760. The van der Waals surface area contributed by atoms with Crippen LogP contribution < -0.4 is 5.32 Å². The molecule has 14 heavy (non-hydrogen) atoms. The molecule has 1 rings (SSSR count). The van der Waals surface area contributed by atoms with Crippen LogP contribution in [0.2, 0.25) is 0 Å². The first-order valence-electron chi connectivity index (χ1n) is 4.34. The molecule has 0 radical (unpaired) electrons. The lowest BCUT2D eigenvalue weighted by atomic mass is 9.84. The van der Waals surface area contributed by atoms with Gasteiger partial charge in [0, 0.05) is 45.5 Å². The van der Waals surface area contributed by atoms with Crippen molar-refractivity contribution in [3.05, 3.63) is 0 Å². The number of hydrogen-bond acceptors (Lipinski definition) is 2. The van der Waals surface area contributed by atoms with E-state index in [1.165, 1.54) is 0 Å². The van der Waals surface area contributed by atoms with Gasteiger partial charge in [0.2, 0.25) is 0 Å².